The first-order valence-corrected chi connectivity index (χ1v) is 20.4. The topological polar surface area (TPSA) is 176 Å². The molecule has 3 fully saturated rings. The van der Waals surface area contributed by atoms with E-state index in [1.54, 1.807) is 49.8 Å². The zero-order valence-corrected chi connectivity index (χ0v) is 32.5. The van der Waals surface area contributed by atoms with E-state index < -0.39 is 23.8 Å². The molecule has 2 saturated heterocycles. The maximum Gasteiger partial charge on any atom is 0.274 e. The van der Waals surface area contributed by atoms with Crippen molar-refractivity contribution in [3.05, 3.63) is 70.2 Å². The summed E-state index contributed by atoms with van der Waals surface area (Å²) in [5.41, 5.74) is 2.98. The number of carbonyl (C=O) groups is 5. The zero-order chi connectivity index (χ0) is 38.9. The number of hydrogen-bond donors (Lipinski definition) is 3. The first kappa shape index (κ1) is 37.6. The Morgan fingerprint density at radius 1 is 0.946 bits per heavy atom. The minimum Gasteiger partial charge on any atom is -0.494 e. The van der Waals surface area contributed by atoms with Gasteiger partial charge in [0.25, 0.3) is 17.7 Å². The summed E-state index contributed by atoms with van der Waals surface area (Å²) in [5, 5.41) is 9.76. The van der Waals surface area contributed by atoms with Gasteiger partial charge in [0.1, 0.15) is 23.3 Å². The Kier molecular flexibility index (Phi) is 10.8. The van der Waals surface area contributed by atoms with E-state index >= 15 is 0 Å². The maximum atomic E-state index is 13.4. The van der Waals surface area contributed by atoms with Crippen molar-refractivity contribution in [2.75, 3.05) is 43.9 Å². The third kappa shape index (κ3) is 7.74. The highest BCUT2D eigenvalue weighted by Crippen LogP contribution is 2.42. The highest BCUT2D eigenvalue weighted by atomic mass is 32.1. The number of aryl methyl sites for hydroxylation is 1. The zero-order valence-electron chi connectivity index (χ0n) is 31.6. The van der Waals surface area contributed by atoms with Gasteiger partial charge in [0, 0.05) is 43.4 Å². The van der Waals surface area contributed by atoms with E-state index in [1.165, 1.54) is 12.8 Å². The van der Waals surface area contributed by atoms with Crippen molar-refractivity contribution in [2.24, 2.45) is 11.8 Å². The molecule has 1 aliphatic carbocycles. The Morgan fingerprint density at radius 2 is 1.75 bits per heavy atom. The molecule has 15 heteroatoms. The lowest BCUT2D eigenvalue weighted by Gasteiger charge is -2.36. The van der Waals surface area contributed by atoms with Crippen molar-refractivity contribution in [3.8, 4) is 5.75 Å². The molecule has 3 aliphatic heterocycles. The lowest BCUT2D eigenvalue weighted by atomic mass is 9.81. The molecule has 3 N–H and O–H groups in total. The van der Waals surface area contributed by atoms with Gasteiger partial charge in [-0.1, -0.05) is 6.07 Å². The number of methoxy groups -OCH3 is 1. The largest absolute Gasteiger partial charge is 0.494 e. The molecule has 0 spiro atoms. The number of carbonyl (C=O) groups excluding carboxylic acids is 5. The van der Waals surface area contributed by atoms with E-state index in [-0.39, 0.29) is 24.7 Å². The number of imide groups is 2. The van der Waals surface area contributed by atoms with Crippen LogP contribution in [-0.2, 0) is 9.59 Å². The van der Waals surface area contributed by atoms with Gasteiger partial charge >= 0.3 is 0 Å². The highest BCUT2D eigenvalue weighted by molar-refractivity contribution is 7.18. The number of fused-ring (bicyclic) bond motifs is 2. The van der Waals surface area contributed by atoms with E-state index in [0.717, 1.165) is 71.9 Å². The molecule has 1 atom stereocenters. The molecule has 2 aromatic heterocycles. The van der Waals surface area contributed by atoms with Crippen LogP contribution in [0.25, 0.3) is 10.2 Å². The highest BCUT2D eigenvalue weighted by Gasteiger charge is 2.45. The van der Waals surface area contributed by atoms with Crippen LogP contribution in [0, 0.1) is 18.8 Å². The van der Waals surface area contributed by atoms with Crippen molar-refractivity contribution in [1.29, 1.82) is 0 Å². The predicted octanol–water partition coefficient (Wildman–Crippen LogP) is 5.54. The number of nitrogens with zero attached hydrogens (tertiary/aromatic N) is 5. The van der Waals surface area contributed by atoms with Gasteiger partial charge in [-0.25, -0.2) is 15.0 Å². The fraction of sp³-hybridized carbons (Fsp3) is 0.463. The molecule has 292 valence electrons. The summed E-state index contributed by atoms with van der Waals surface area (Å²) in [6.07, 6.45) is 9.60. The van der Waals surface area contributed by atoms with E-state index in [2.05, 4.69) is 30.8 Å². The first-order chi connectivity index (χ1) is 27.1. The minimum absolute atomic E-state index is 0.0930. The lowest BCUT2D eigenvalue weighted by Crippen LogP contribution is -2.54. The number of amides is 5. The summed E-state index contributed by atoms with van der Waals surface area (Å²) < 4.78 is 6.63. The van der Waals surface area contributed by atoms with Gasteiger partial charge in [-0.2, -0.15) is 0 Å². The summed E-state index contributed by atoms with van der Waals surface area (Å²) in [6, 6.07) is 9.65. The third-order valence-corrected chi connectivity index (χ3v) is 12.9. The van der Waals surface area contributed by atoms with Crippen LogP contribution in [-0.4, -0.2) is 93.6 Å². The number of aromatic nitrogens is 3. The summed E-state index contributed by atoms with van der Waals surface area (Å²) >= 11 is 1.70. The van der Waals surface area contributed by atoms with Crippen LogP contribution in [0.4, 0.5) is 11.4 Å². The van der Waals surface area contributed by atoms with Crippen molar-refractivity contribution in [3.63, 3.8) is 0 Å². The molecule has 5 amide bonds. The number of nitrogens with one attached hydrogen (secondary N) is 3. The van der Waals surface area contributed by atoms with Crippen LogP contribution < -0.4 is 20.7 Å². The van der Waals surface area contributed by atoms with Crippen LogP contribution in [0.15, 0.2) is 42.6 Å². The Balaban J connectivity index is 0.789. The smallest absolute Gasteiger partial charge is 0.274 e. The Labute approximate surface area is 328 Å². The Bertz CT molecular complexity index is 2190. The number of thiazole rings is 1. The monoisotopic (exact) mass is 778 g/mol. The molecule has 0 radical (unpaired) electrons. The van der Waals surface area contributed by atoms with Crippen LogP contribution >= 0.6 is 11.3 Å². The van der Waals surface area contributed by atoms with Crippen LogP contribution in [0.5, 0.6) is 5.75 Å². The second-order valence-corrected chi connectivity index (χ2v) is 16.4. The quantitative estimate of drug-likeness (QED) is 0.163. The minimum atomic E-state index is -0.976. The lowest BCUT2D eigenvalue weighted by molar-refractivity contribution is -0.136. The van der Waals surface area contributed by atoms with Gasteiger partial charge in [-0.3, -0.25) is 34.2 Å². The van der Waals surface area contributed by atoms with Crippen molar-refractivity contribution in [1.82, 2.24) is 30.1 Å². The number of piperidine rings is 2. The number of anilines is 2. The number of ether oxygens (including phenoxy) is 1. The standard InChI is InChI=1S/C41H46N8O6S/c1-23-42-17-13-29(44-23)37(51)45-30-21-34-31(20-33(30)55-2)46-39(56-34)26-8-6-25(7-9-26)22-48-18-14-24(15-19-48)12-16-43-28-5-3-4-27-36(28)41(54)49(40(27)53)32-10-11-35(50)47-38(32)52/h3-5,13,17,20-21,24-26,32,43H,6-12,14-16,18-19,22H2,1-2H3,(H,45,51)(H,47,50,52). The van der Waals surface area contributed by atoms with Crippen molar-refractivity contribution >= 4 is 62.5 Å². The molecule has 4 aliphatic rings. The predicted molar refractivity (Wildman–Crippen MR) is 211 cm³/mol. The summed E-state index contributed by atoms with van der Waals surface area (Å²) in [5.74, 6) is 0.478. The number of hydrogen-bond acceptors (Lipinski definition) is 12. The van der Waals surface area contributed by atoms with Gasteiger partial charge in [-0.05, 0) is 107 Å². The second-order valence-electron chi connectivity index (χ2n) is 15.4. The van der Waals surface area contributed by atoms with E-state index in [9.17, 15) is 24.0 Å². The van der Waals surface area contributed by atoms with Crippen LogP contribution in [0.1, 0.15) is 106 Å². The summed E-state index contributed by atoms with van der Waals surface area (Å²) in [7, 11) is 1.59. The van der Waals surface area contributed by atoms with Gasteiger partial charge in [0.05, 0.1) is 39.1 Å². The Hall–Kier alpha value is -5.28. The molecule has 1 saturated carbocycles. The third-order valence-electron chi connectivity index (χ3n) is 11.7. The van der Waals surface area contributed by atoms with Crippen LogP contribution in [0.2, 0.25) is 0 Å². The van der Waals surface area contributed by atoms with Crippen LogP contribution in [0.3, 0.4) is 0 Å². The van der Waals surface area contributed by atoms with E-state index in [0.29, 0.717) is 64.1 Å². The molecule has 0 bridgehead atoms. The van der Waals surface area contributed by atoms with Gasteiger partial charge in [0.15, 0.2) is 0 Å². The van der Waals surface area contributed by atoms with Crippen molar-refractivity contribution < 1.29 is 28.7 Å². The average molecular weight is 779 g/mol. The molecule has 1 unspecified atom stereocenters. The van der Waals surface area contributed by atoms with E-state index in [4.69, 9.17) is 9.72 Å². The molecule has 14 nitrogen and oxygen atoms in total. The molecular formula is C41H46N8O6S. The summed E-state index contributed by atoms with van der Waals surface area (Å²) in [6.45, 7) is 5.71. The molecule has 2 aromatic carbocycles. The molecule has 56 heavy (non-hydrogen) atoms. The summed E-state index contributed by atoms with van der Waals surface area (Å²) in [4.78, 5) is 80.6. The van der Waals surface area contributed by atoms with Gasteiger partial charge in [-0.15, -0.1) is 11.3 Å². The SMILES string of the molecule is COc1cc2nc(C3CCC(CN4CCC(CCNc5cccc6c5C(=O)N(C5CCC(=O)NC5=O)C6=O)CC4)CC3)sc2cc1NC(=O)c1ccnc(C)n1. The molecular weight excluding hydrogens is 733 g/mol. The maximum absolute atomic E-state index is 13.4. The number of likely N-dealkylation sites (tertiary alicyclic amines) is 1. The number of rotatable bonds is 11. The normalized spacial score (nSPS) is 22.0. The molecule has 5 heterocycles. The first-order valence-electron chi connectivity index (χ1n) is 19.6. The van der Waals surface area contributed by atoms with Gasteiger partial charge < -0.3 is 20.3 Å². The molecule has 8 rings (SSSR count). The fourth-order valence-electron chi connectivity index (χ4n) is 8.67. The van der Waals surface area contributed by atoms with Crippen molar-refractivity contribution in [2.45, 2.75) is 76.7 Å². The number of benzene rings is 2. The molecule has 4 aromatic rings. The fourth-order valence-corrected chi connectivity index (χ4v) is 9.83. The van der Waals surface area contributed by atoms with Gasteiger partial charge in [0.2, 0.25) is 11.8 Å². The van der Waals surface area contributed by atoms with E-state index in [1.807, 2.05) is 18.2 Å². The second kappa shape index (κ2) is 16.1. The Morgan fingerprint density at radius 3 is 2.50 bits per heavy atom. The average Bonchev–Trinajstić information content (AvgIpc) is 3.73.